The number of nitrogens with zero attached hydrogens (tertiary/aromatic N) is 1. The quantitative estimate of drug-likeness (QED) is 0.535. The van der Waals surface area contributed by atoms with E-state index in [2.05, 4.69) is 5.32 Å². The highest BCUT2D eigenvalue weighted by atomic mass is 32.2. The molecular formula is C18H12F6N2O3S. The van der Waals surface area contributed by atoms with E-state index in [1.54, 1.807) is 0 Å². The Balaban J connectivity index is 2.08. The summed E-state index contributed by atoms with van der Waals surface area (Å²) in [6.07, 6.45) is -9.56. The largest absolute Gasteiger partial charge is 0.416 e. The molecule has 2 aromatic carbocycles. The molecular weight excluding hydrogens is 438 g/mol. The predicted octanol–water partition coefficient (Wildman–Crippen LogP) is 4.64. The van der Waals surface area contributed by atoms with Crippen molar-refractivity contribution in [2.24, 2.45) is 0 Å². The maximum absolute atomic E-state index is 13.0. The Morgan fingerprint density at radius 1 is 0.933 bits per heavy atom. The van der Waals surface area contributed by atoms with Crippen LogP contribution in [0.15, 0.2) is 53.6 Å². The van der Waals surface area contributed by atoms with Gasteiger partial charge in [-0.15, -0.1) is 0 Å². The van der Waals surface area contributed by atoms with E-state index >= 15 is 0 Å². The zero-order valence-corrected chi connectivity index (χ0v) is 15.8. The highest BCUT2D eigenvalue weighted by molar-refractivity contribution is 7.97. The molecule has 0 aliphatic carbocycles. The van der Waals surface area contributed by atoms with Crippen LogP contribution in [-0.4, -0.2) is 21.2 Å². The van der Waals surface area contributed by atoms with Gasteiger partial charge in [0.15, 0.2) is 4.91 Å². The van der Waals surface area contributed by atoms with Crippen molar-refractivity contribution in [1.29, 1.82) is 0 Å². The molecule has 2 aromatic rings. The van der Waals surface area contributed by atoms with E-state index in [4.69, 9.17) is 0 Å². The van der Waals surface area contributed by atoms with Gasteiger partial charge >= 0.3 is 12.4 Å². The molecule has 1 heterocycles. The van der Waals surface area contributed by atoms with Crippen molar-refractivity contribution < 1.29 is 39.6 Å². The van der Waals surface area contributed by atoms with Crippen molar-refractivity contribution >= 4 is 27.2 Å². The summed E-state index contributed by atoms with van der Waals surface area (Å²) in [6.45, 7) is 0. The van der Waals surface area contributed by atoms with Gasteiger partial charge in [-0.05, 0) is 30.3 Å². The molecule has 0 spiro atoms. The smallest absolute Gasteiger partial charge is 0.360 e. The SMILES string of the molecule is CN1c2ccccc2C(=O)C(=CNc2cc(C(F)(F)F)cc(C(F)(F)F)c2)S1(=O)=O. The Hall–Kier alpha value is -3.02. The average Bonchev–Trinajstić information content (AvgIpc) is 2.64. The first kappa shape index (κ1) is 21.7. The normalized spacial score (nSPS) is 17.8. The van der Waals surface area contributed by atoms with Gasteiger partial charge in [0.2, 0.25) is 5.78 Å². The Kier molecular flexibility index (Phi) is 5.09. The van der Waals surface area contributed by atoms with Crippen molar-refractivity contribution in [2.75, 3.05) is 16.7 Å². The van der Waals surface area contributed by atoms with Crippen molar-refractivity contribution in [1.82, 2.24) is 0 Å². The van der Waals surface area contributed by atoms with Crippen LogP contribution in [0.1, 0.15) is 21.5 Å². The zero-order chi connectivity index (χ0) is 22.5. The van der Waals surface area contributed by atoms with Crippen LogP contribution >= 0.6 is 0 Å². The lowest BCUT2D eigenvalue weighted by Crippen LogP contribution is -2.36. The van der Waals surface area contributed by atoms with Crippen LogP contribution in [0.3, 0.4) is 0 Å². The highest BCUT2D eigenvalue weighted by Crippen LogP contribution is 2.38. The van der Waals surface area contributed by atoms with E-state index in [0.717, 1.165) is 4.31 Å². The second kappa shape index (κ2) is 7.04. The molecule has 0 saturated carbocycles. The van der Waals surface area contributed by atoms with Crippen LogP contribution in [0.4, 0.5) is 37.7 Å². The molecule has 0 unspecified atom stereocenters. The summed E-state index contributed by atoms with van der Waals surface area (Å²) < 4.78 is 104. The van der Waals surface area contributed by atoms with E-state index in [1.165, 1.54) is 31.3 Å². The number of fused-ring (bicyclic) bond motifs is 1. The van der Waals surface area contributed by atoms with Crippen molar-refractivity contribution in [3.63, 3.8) is 0 Å². The van der Waals surface area contributed by atoms with E-state index in [-0.39, 0.29) is 17.3 Å². The monoisotopic (exact) mass is 450 g/mol. The molecule has 0 aromatic heterocycles. The summed E-state index contributed by atoms with van der Waals surface area (Å²) in [6, 6.07) is 6.42. The van der Waals surface area contributed by atoms with Crippen LogP contribution < -0.4 is 9.62 Å². The Morgan fingerprint density at radius 3 is 2.00 bits per heavy atom. The summed E-state index contributed by atoms with van der Waals surface area (Å²) >= 11 is 0. The number of hydrogen-bond acceptors (Lipinski definition) is 4. The minimum atomic E-state index is -5.07. The van der Waals surface area contributed by atoms with E-state index in [1.807, 2.05) is 0 Å². The highest BCUT2D eigenvalue weighted by Gasteiger charge is 2.39. The molecule has 1 aliphatic rings. The van der Waals surface area contributed by atoms with E-state index in [9.17, 15) is 39.6 Å². The van der Waals surface area contributed by atoms with Gasteiger partial charge in [0, 0.05) is 24.5 Å². The minimum Gasteiger partial charge on any atom is -0.360 e. The second-order valence-corrected chi connectivity index (χ2v) is 8.20. The molecule has 0 radical (unpaired) electrons. The number of rotatable bonds is 2. The topological polar surface area (TPSA) is 66.5 Å². The number of halogens is 6. The molecule has 3 rings (SSSR count). The third-order valence-electron chi connectivity index (χ3n) is 4.31. The number of hydrogen-bond donors (Lipinski definition) is 1. The van der Waals surface area contributed by atoms with Crippen LogP contribution in [0, 0.1) is 0 Å². The van der Waals surface area contributed by atoms with Gasteiger partial charge in [-0.2, -0.15) is 26.3 Å². The number of sulfonamides is 1. The van der Waals surface area contributed by atoms with Gasteiger partial charge in [0.05, 0.1) is 16.8 Å². The number of allylic oxidation sites excluding steroid dienone is 1. The van der Waals surface area contributed by atoms with Crippen LogP contribution in [0.5, 0.6) is 0 Å². The molecule has 5 nitrogen and oxygen atoms in total. The fourth-order valence-electron chi connectivity index (χ4n) is 2.79. The number of carbonyl (C=O) groups excluding carboxylic acids is 1. The molecule has 1 aliphatic heterocycles. The summed E-state index contributed by atoms with van der Waals surface area (Å²) in [5.41, 5.74) is -3.74. The van der Waals surface area contributed by atoms with Crippen molar-refractivity contribution in [3.8, 4) is 0 Å². The number of ketones is 1. The fourth-order valence-corrected chi connectivity index (χ4v) is 4.06. The third kappa shape index (κ3) is 3.86. The molecule has 12 heteroatoms. The summed E-state index contributed by atoms with van der Waals surface area (Å²) in [5, 5.41) is 2.09. The number of para-hydroxylation sites is 1. The lowest BCUT2D eigenvalue weighted by molar-refractivity contribution is -0.143. The van der Waals surface area contributed by atoms with Crippen LogP contribution in [0.2, 0.25) is 0 Å². The minimum absolute atomic E-state index is 0.0166. The molecule has 0 amide bonds. The predicted molar refractivity (Wildman–Crippen MR) is 96.2 cm³/mol. The number of carbonyl (C=O) groups is 1. The number of alkyl halides is 6. The van der Waals surface area contributed by atoms with Gasteiger partial charge in [-0.25, -0.2) is 8.42 Å². The first-order chi connectivity index (χ1) is 13.7. The van der Waals surface area contributed by atoms with Crippen LogP contribution in [-0.2, 0) is 22.4 Å². The zero-order valence-electron chi connectivity index (χ0n) is 15.0. The average molecular weight is 450 g/mol. The lowest BCUT2D eigenvalue weighted by atomic mass is 10.1. The second-order valence-electron chi connectivity index (χ2n) is 6.27. The summed E-state index contributed by atoms with van der Waals surface area (Å²) in [4.78, 5) is 11.8. The number of Topliss-reactive ketones (excluding diaryl/α,β-unsaturated/α-hetero) is 1. The third-order valence-corrected chi connectivity index (χ3v) is 6.08. The van der Waals surface area contributed by atoms with Gasteiger partial charge in [-0.1, -0.05) is 12.1 Å². The molecule has 0 bridgehead atoms. The lowest BCUT2D eigenvalue weighted by Gasteiger charge is -2.27. The van der Waals surface area contributed by atoms with E-state index in [0.29, 0.717) is 18.3 Å². The maximum atomic E-state index is 13.0. The molecule has 0 atom stereocenters. The van der Waals surface area contributed by atoms with Gasteiger partial charge in [0.25, 0.3) is 10.0 Å². The molecule has 0 saturated heterocycles. The molecule has 1 N–H and O–H groups in total. The Morgan fingerprint density at radius 2 is 1.47 bits per heavy atom. The molecule has 0 fully saturated rings. The van der Waals surface area contributed by atoms with Crippen molar-refractivity contribution in [3.05, 3.63) is 70.3 Å². The van der Waals surface area contributed by atoms with Gasteiger partial charge < -0.3 is 5.32 Å². The number of anilines is 2. The maximum Gasteiger partial charge on any atom is 0.416 e. The number of benzene rings is 2. The molecule has 160 valence electrons. The van der Waals surface area contributed by atoms with Gasteiger partial charge in [-0.3, -0.25) is 9.10 Å². The first-order valence-electron chi connectivity index (χ1n) is 8.12. The van der Waals surface area contributed by atoms with Gasteiger partial charge in [0.1, 0.15) is 0 Å². The fraction of sp³-hybridized carbons (Fsp3) is 0.167. The van der Waals surface area contributed by atoms with Crippen LogP contribution in [0.25, 0.3) is 0 Å². The standard InChI is InChI=1S/C18H12F6N2O3S/c1-26-14-5-3-2-4-13(14)16(27)15(30(26,28)29)9-25-12-7-10(17(19,20)21)6-11(8-12)18(22,23)24/h2-9,25H,1H3. The summed E-state index contributed by atoms with van der Waals surface area (Å²) in [7, 11) is -3.21. The number of nitrogens with one attached hydrogen (secondary N) is 1. The Labute approximate surface area is 166 Å². The van der Waals surface area contributed by atoms with E-state index < -0.39 is 49.9 Å². The Bertz CT molecular complexity index is 1120. The first-order valence-corrected chi connectivity index (χ1v) is 9.56. The summed E-state index contributed by atoms with van der Waals surface area (Å²) in [5.74, 6) is -0.945. The molecule has 30 heavy (non-hydrogen) atoms. The van der Waals surface area contributed by atoms with Crippen molar-refractivity contribution in [2.45, 2.75) is 12.4 Å².